The fraction of sp³-hybridized carbons (Fsp3) is 0.182. The molecule has 30 heavy (non-hydrogen) atoms. The Hall–Kier alpha value is -3.94. The van der Waals surface area contributed by atoms with Crippen LogP contribution in [0, 0.1) is 10.1 Å². The number of non-ortho nitro benzene ring substituents is 1. The van der Waals surface area contributed by atoms with Crippen LogP contribution in [0.4, 0.5) is 5.69 Å². The van der Waals surface area contributed by atoms with Crippen molar-refractivity contribution >= 4 is 11.6 Å². The highest BCUT2D eigenvalue weighted by molar-refractivity contribution is 5.95. The predicted molar refractivity (Wildman–Crippen MR) is 108 cm³/mol. The molecule has 1 aliphatic rings. The van der Waals surface area contributed by atoms with Crippen molar-refractivity contribution in [2.45, 2.75) is 12.5 Å². The number of rotatable bonds is 5. The molecule has 8 nitrogen and oxygen atoms in total. The van der Waals surface area contributed by atoms with Crippen molar-refractivity contribution in [1.82, 2.24) is 9.88 Å². The Morgan fingerprint density at radius 2 is 1.90 bits per heavy atom. The number of aromatic hydroxyl groups is 1. The molecule has 1 atom stereocenters. The van der Waals surface area contributed by atoms with E-state index in [4.69, 9.17) is 4.74 Å². The van der Waals surface area contributed by atoms with E-state index >= 15 is 0 Å². The summed E-state index contributed by atoms with van der Waals surface area (Å²) in [5.41, 5.74) is 2.34. The number of carbonyl (C=O) groups excluding carboxylic acids is 1. The number of carbonyl (C=O) groups is 1. The Morgan fingerprint density at radius 3 is 2.60 bits per heavy atom. The van der Waals surface area contributed by atoms with Crippen molar-refractivity contribution in [1.29, 1.82) is 0 Å². The van der Waals surface area contributed by atoms with Gasteiger partial charge in [-0.15, -0.1) is 0 Å². The SMILES string of the molecule is O=C(c1ccc([N+](=O)[O-])cc1)N1CCc2ccncc2C1COc1ccc(O)cc1. The number of pyridine rings is 1. The van der Waals surface area contributed by atoms with Gasteiger partial charge in [-0.3, -0.25) is 19.9 Å². The number of hydrogen-bond donors (Lipinski definition) is 1. The van der Waals surface area contributed by atoms with E-state index in [1.807, 2.05) is 6.07 Å². The van der Waals surface area contributed by atoms with Gasteiger partial charge < -0.3 is 14.7 Å². The van der Waals surface area contributed by atoms with Crippen LogP contribution in [0.1, 0.15) is 27.5 Å². The molecule has 1 unspecified atom stereocenters. The smallest absolute Gasteiger partial charge is 0.269 e. The predicted octanol–water partition coefficient (Wildman–Crippen LogP) is 3.51. The first-order valence-electron chi connectivity index (χ1n) is 9.43. The zero-order valence-electron chi connectivity index (χ0n) is 16.0. The summed E-state index contributed by atoms with van der Waals surface area (Å²) in [4.78, 5) is 29.5. The second-order valence-corrected chi connectivity index (χ2v) is 6.95. The number of nitrogens with zero attached hydrogens (tertiary/aromatic N) is 3. The third kappa shape index (κ3) is 3.93. The molecule has 0 radical (unpaired) electrons. The standard InChI is InChI=1S/C22H19N3O5/c26-18-5-7-19(8-6-18)30-14-21-20-13-23-11-9-15(20)10-12-24(21)22(27)16-1-3-17(4-2-16)25(28)29/h1-9,11,13,21,26H,10,12,14H2. The number of nitro groups is 1. The summed E-state index contributed by atoms with van der Waals surface area (Å²) in [6.45, 7) is 0.707. The molecule has 1 aromatic heterocycles. The van der Waals surface area contributed by atoms with Crippen LogP contribution >= 0.6 is 0 Å². The first-order valence-corrected chi connectivity index (χ1v) is 9.43. The lowest BCUT2D eigenvalue weighted by atomic mass is 9.94. The highest BCUT2D eigenvalue weighted by Gasteiger charge is 2.32. The molecule has 1 N–H and O–H groups in total. The summed E-state index contributed by atoms with van der Waals surface area (Å²) in [5, 5.41) is 20.3. The molecular weight excluding hydrogens is 386 g/mol. The molecule has 1 aliphatic heterocycles. The van der Waals surface area contributed by atoms with Crippen LogP contribution in [-0.2, 0) is 6.42 Å². The Balaban J connectivity index is 1.60. The molecule has 4 rings (SSSR count). The van der Waals surface area contributed by atoms with Gasteiger partial charge in [-0.2, -0.15) is 0 Å². The van der Waals surface area contributed by atoms with Crippen LogP contribution in [0.5, 0.6) is 11.5 Å². The lowest BCUT2D eigenvalue weighted by Gasteiger charge is -2.37. The van der Waals surface area contributed by atoms with Crippen LogP contribution in [0.2, 0.25) is 0 Å². The number of benzene rings is 2. The lowest BCUT2D eigenvalue weighted by molar-refractivity contribution is -0.384. The number of phenolic OH excluding ortho intramolecular Hbond substituents is 1. The third-order valence-corrected chi connectivity index (χ3v) is 5.13. The van der Waals surface area contributed by atoms with Gasteiger partial charge in [0.15, 0.2) is 0 Å². The number of hydrogen-bond acceptors (Lipinski definition) is 6. The fourth-order valence-corrected chi connectivity index (χ4v) is 3.56. The Kier molecular flexibility index (Phi) is 5.30. The Morgan fingerprint density at radius 1 is 1.17 bits per heavy atom. The largest absolute Gasteiger partial charge is 0.508 e. The van der Waals surface area contributed by atoms with E-state index in [0.717, 1.165) is 11.1 Å². The molecule has 0 saturated heterocycles. The summed E-state index contributed by atoms with van der Waals surface area (Å²) in [7, 11) is 0. The van der Waals surface area contributed by atoms with Crippen LogP contribution in [0.25, 0.3) is 0 Å². The molecule has 0 spiro atoms. The van der Waals surface area contributed by atoms with Gasteiger partial charge >= 0.3 is 0 Å². The van der Waals surface area contributed by atoms with Gasteiger partial charge in [0.05, 0.1) is 11.0 Å². The number of aromatic nitrogens is 1. The van der Waals surface area contributed by atoms with Crippen molar-refractivity contribution in [3.05, 3.63) is 93.8 Å². The minimum Gasteiger partial charge on any atom is -0.508 e. The van der Waals surface area contributed by atoms with Crippen LogP contribution < -0.4 is 4.74 Å². The van der Waals surface area contributed by atoms with Crippen LogP contribution in [0.3, 0.4) is 0 Å². The van der Waals surface area contributed by atoms with Gasteiger partial charge in [0.25, 0.3) is 11.6 Å². The molecular formula is C22H19N3O5. The van der Waals surface area contributed by atoms with Gasteiger partial charge in [0.2, 0.25) is 0 Å². The topological polar surface area (TPSA) is 106 Å². The van der Waals surface area contributed by atoms with Crippen molar-refractivity contribution in [2.75, 3.05) is 13.2 Å². The first-order chi connectivity index (χ1) is 14.5. The molecule has 1 amide bonds. The third-order valence-electron chi connectivity index (χ3n) is 5.13. The average Bonchev–Trinajstić information content (AvgIpc) is 2.78. The maximum absolute atomic E-state index is 13.2. The quantitative estimate of drug-likeness (QED) is 0.514. The number of ether oxygens (including phenoxy) is 1. The molecule has 0 saturated carbocycles. The average molecular weight is 405 g/mol. The molecule has 0 fully saturated rings. The molecule has 2 aromatic carbocycles. The fourth-order valence-electron chi connectivity index (χ4n) is 3.56. The van der Waals surface area contributed by atoms with Gasteiger partial charge in [-0.1, -0.05) is 0 Å². The van der Waals surface area contributed by atoms with Crippen molar-refractivity contribution in [3.8, 4) is 11.5 Å². The number of nitro benzene ring substituents is 1. The monoisotopic (exact) mass is 405 g/mol. The highest BCUT2D eigenvalue weighted by atomic mass is 16.6. The Bertz CT molecular complexity index is 1070. The summed E-state index contributed by atoms with van der Waals surface area (Å²) >= 11 is 0. The van der Waals surface area contributed by atoms with E-state index in [-0.39, 0.29) is 30.0 Å². The van der Waals surface area contributed by atoms with Gasteiger partial charge in [-0.25, -0.2) is 0 Å². The van der Waals surface area contributed by atoms with Gasteiger partial charge in [-0.05, 0) is 60.0 Å². The van der Waals surface area contributed by atoms with Crippen molar-refractivity contribution < 1.29 is 19.6 Å². The van der Waals surface area contributed by atoms with E-state index in [0.29, 0.717) is 24.3 Å². The lowest BCUT2D eigenvalue weighted by Crippen LogP contribution is -2.42. The van der Waals surface area contributed by atoms with Crippen LogP contribution in [-0.4, -0.2) is 39.0 Å². The molecule has 0 bridgehead atoms. The van der Waals surface area contributed by atoms with Crippen molar-refractivity contribution in [3.63, 3.8) is 0 Å². The van der Waals surface area contributed by atoms with Crippen LogP contribution in [0.15, 0.2) is 67.0 Å². The van der Waals surface area contributed by atoms with Gasteiger partial charge in [0, 0.05) is 36.6 Å². The maximum atomic E-state index is 13.2. The maximum Gasteiger partial charge on any atom is 0.269 e. The zero-order chi connectivity index (χ0) is 21.1. The molecule has 0 aliphatic carbocycles. The second kappa shape index (κ2) is 8.20. The normalized spacial score (nSPS) is 15.3. The summed E-state index contributed by atoms with van der Waals surface area (Å²) in [5.74, 6) is 0.495. The van der Waals surface area contributed by atoms with Gasteiger partial charge in [0.1, 0.15) is 18.1 Å². The zero-order valence-corrected chi connectivity index (χ0v) is 16.0. The first kappa shape index (κ1) is 19.4. The van der Waals surface area contributed by atoms with E-state index in [2.05, 4.69) is 4.98 Å². The Labute approximate surface area is 172 Å². The van der Waals surface area contributed by atoms with E-state index in [1.165, 1.54) is 36.4 Å². The van der Waals surface area contributed by atoms with E-state index in [9.17, 15) is 20.0 Å². The van der Waals surface area contributed by atoms with E-state index < -0.39 is 4.92 Å². The minimum atomic E-state index is -0.495. The second-order valence-electron chi connectivity index (χ2n) is 6.95. The molecule has 8 heteroatoms. The molecule has 3 aromatic rings. The minimum absolute atomic E-state index is 0.0630. The number of phenols is 1. The summed E-state index contributed by atoms with van der Waals surface area (Å²) in [6, 6.07) is 13.6. The molecule has 152 valence electrons. The molecule has 2 heterocycles. The van der Waals surface area contributed by atoms with E-state index in [1.54, 1.807) is 29.4 Å². The number of amides is 1. The van der Waals surface area contributed by atoms with Crippen molar-refractivity contribution in [2.24, 2.45) is 0 Å². The summed E-state index contributed by atoms with van der Waals surface area (Å²) in [6.07, 6.45) is 4.16. The summed E-state index contributed by atoms with van der Waals surface area (Å²) < 4.78 is 5.90. The highest BCUT2D eigenvalue weighted by Crippen LogP contribution is 2.31. The number of fused-ring (bicyclic) bond motifs is 1.